The molecular weight excluding hydrogens is 254 g/mol. The molecule has 1 aliphatic heterocycles. The third-order valence-corrected chi connectivity index (χ3v) is 3.76. The number of aromatic nitrogens is 1. The zero-order chi connectivity index (χ0) is 14.5. The van der Waals surface area contributed by atoms with Gasteiger partial charge in [0.2, 0.25) is 0 Å². The van der Waals surface area contributed by atoms with E-state index in [-0.39, 0.29) is 5.91 Å². The summed E-state index contributed by atoms with van der Waals surface area (Å²) in [5, 5.41) is 3.07. The monoisotopic (exact) mass is 277 g/mol. The summed E-state index contributed by atoms with van der Waals surface area (Å²) in [6, 6.07) is 1.90. The molecule has 2 rings (SSSR count). The first-order valence-corrected chi connectivity index (χ1v) is 7.09. The van der Waals surface area contributed by atoms with Crippen molar-refractivity contribution in [3.05, 3.63) is 23.5 Å². The highest BCUT2D eigenvalue weighted by atomic mass is 16.5. The van der Waals surface area contributed by atoms with Crippen LogP contribution in [-0.4, -0.2) is 49.6 Å². The first kappa shape index (κ1) is 14.8. The fraction of sp³-hybridized carbons (Fsp3) is 0.600. The summed E-state index contributed by atoms with van der Waals surface area (Å²) >= 11 is 0. The lowest BCUT2D eigenvalue weighted by Crippen LogP contribution is -2.34. The van der Waals surface area contributed by atoms with E-state index < -0.39 is 0 Å². The molecule has 0 radical (unpaired) electrons. The smallest absolute Gasteiger partial charge is 0.257 e. The second kappa shape index (κ2) is 6.70. The third-order valence-electron chi connectivity index (χ3n) is 3.76. The van der Waals surface area contributed by atoms with Gasteiger partial charge in [-0.05, 0) is 31.7 Å². The van der Waals surface area contributed by atoms with E-state index in [0.29, 0.717) is 11.5 Å². The number of carbonyl (C=O) groups excluding carboxylic acids is 1. The Labute approximate surface area is 120 Å². The van der Waals surface area contributed by atoms with Crippen LogP contribution in [-0.2, 0) is 4.74 Å². The van der Waals surface area contributed by atoms with Crippen molar-refractivity contribution >= 4 is 11.6 Å². The molecule has 0 unspecified atom stereocenters. The molecule has 1 N–H and O–H groups in total. The molecule has 1 amide bonds. The predicted octanol–water partition coefficient (Wildman–Crippen LogP) is 1.93. The number of hydrogen-bond donors (Lipinski definition) is 1. The molecule has 110 valence electrons. The molecule has 0 spiro atoms. The van der Waals surface area contributed by atoms with Crippen LogP contribution in [0.25, 0.3) is 0 Å². The van der Waals surface area contributed by atoms with Crippen LogP contribution in [0.1, 0.15) is 28.9 Å². The van der Waals surface area contributed by atoms with Crippen molar-refractivity contribution in [1.29, 1.82) is 0 Å². The van der Waals surface area contributed by atoms with Crippen molar-refractivity contribution in [3.8, 4) is 0 Å². The van der Waals surface area contributed by atoms with Crippen LogP contribution in [0.4, 0.5) is 5.69 Å². The minimum Gasteiger partial charge on any atom is -0.387 e. The van der Waals surface area contributed by atoms with E-state index in [0.717, 1.165) is 44.0 Å². The number of aryl methyl sites for hydroxylation is 1. The third kappa shape index (κ3) is 3.48. The van der Waals surface area contributed by atoms with Crippen molar-refractivity contribution in [1.82, 2.24) is 9.88 Å². The van der Waals surface area contributed by atoms with E-state index in [9.17, 15) is 4.79 Å². The lowest BCUT2D eigenvalue weighted by Gasteiger charge is -2.27. The summed E-state index contributed by atoms with van der Waals surface area (Å²) in [7, 11) is 3.68. The molecule has 1 fully saturated rings. The number of pyridine rings is 1. The average molecular weight is 277 g/mol. The predicted molar refractivity (Wildman–Crippen MR) is 79.0 cm³/mol. The van der Waals surface area contributed by atoms with Gasteiger partial charge in [-0.25, -0.2) is 0 Å². The summed E-state index contributed by atoms with van der Waals surface area (Å²) in [6.45, 7) is 4.31. The Morgan fingerprint density at radius 2 is 2.20 bits per heavy atom. The van der Waals surface area contributed by atoms with E-state index in [4.69, 9.17) is 4.74 Å². The maximum Gasteiger partial charge on any atom is 0.257 e. The Hall–Kier alpha value is -1.62. The van der Waals surface area contributed by atoms with Gasteiger partial charge in [-0.1, -0.05) is 0 Å². The molecular formula is C15H23N3O2. The number of hydrogen-bond acceptors (Lipinski definition) is 4. The molecule has 0 aliphatic carbocycles. The SMILES string of the molecule is CNc1cc(C)ncc1C(=O)N(C)CC1CCOCC1. The minimum atomic E-state index is 0.0216. The van der Waals surface area contributed by atoms with Gasteiger partial charge in [0.25, 0.3) is 5.91 Å². The lowest BCUT2D eigenvalue weighted by molar-refractivity contribution is 0.0497. The number of rotatable bonds is 4. The van der Waals surface area contributed by atoms with Crippen molar-refractivity contribution in [3.63, 3.8) is 0 Å². The van der Waals surface area contributed by atoms with Gasteiger partial charge >= 0.3 is 0 Å². The van der Waals surface area contributed by atoms with Gasteiger partial charge in [0.05, 0.1) is 11.3 Å². The summed E-state index contributed by atoms with van der Waals surface area (Å²) in [5.41, 5.74) is 2.37. The van der Waals surface area contributed by atoms with E-state index in [1.165, 1.54) is 0 Å². The number of nitrogens with one attached hydrogen (secondary N) is 1. The summed E-state index contributed by atoms with van der Waals surface area (Å²) in [4.78, 5) is 18.5. The van der Waals surface area contributed by atoms with Crippen LogP contribution in [0.15, 0.2) is 12.3 Å². The largest absolute Gasteiger partial charge is 0.387 e. The number of carbonyl (C=O) groups is 1. The Morgan fingerprint density at radius 3 is 2.85 bits per heavy atom. The van der Waals surface area contributed by atoms with Crippen molar-refractivity contribution in [2.24, 2.45) is 5.92 Å². The van der Waals surface area contributed by atoms with Gasteiger partial charge in [-0.3, -0.25) is 9.78 Å². The summed E-state index contributed by atoms with van der Waals surface area (Å²) in [6.07, 6.45) is 3.72. The average Bonchev–Trinajstić information content (AvgIpc) is 2.47. The second-order valence-electron chi connectivity index (χ2n) is 5.36. The summed E-state index contributed by atoms with van der Waals surface area (Å²) in [5.74, 6) is 0.558. The zero-order valence-electron chi connectivity index (χ0n) is 12.5. The fourth-order valence-corrected chi connectivity index (χ4v) is 2.54. The Balaban J connectivity index is 2.05. The van der Waals surface area contributed by atoms with Gasteiger partial charge in [0.15, 0.2) is 0 Å². The number of nitrogens with zero attached hydrogens (tertiary/aromatic N) is 2. The van der Waals surface area contributed by atoms with E-state index in [1.54, 1.807) is 11.1 Å². The molecule has 0 bridgehead atoms. The lowest BCUT2D eigenvalue weighted by atomic mass is 9.99. The van der Waals surface area contributed by atoms with Crippen LogP contribution in [0.2, 0.25) is 0 Å². The van der Waals surface area contributed by atoms with Crippen LogP contribution in [0.5, 0.6) is 0 Å². The molecule has 5 nitrogen and oxygen atoms in total. The highest BCUT2D eigenvalue weighted by molar-refractivity contribution is 5.99. The normalized spacial score (nSPS) is 15.9. The molecule has 0 atom stereocenters. The maximum atomic E-state index is 12.5. The molecule has 0 saturated carbocycles. The highest BCUT2D eigenvalue weighted by Gasteiger charge is 2.21. The molecule has 1 saturated heterocycles. The van der Waals surface area contributed by atoms with Gasteiger partial charge < -0.3 is 15.0 Å². The second-order valence-corrected chi connectivity index (χ2v) is 5.36. The summed E-state index contributed by atoms with van der Waals surface area (Å²) < 4.78 is 5.35. The first-order chi connectivity index (χ1) is 9.61. The zero-order valence-corrected chi connectivity index (χ0v) is 12.5. The van der Waals surface area contributed by atoms with Crippen molar-refractivity contribution in [2.45, 2.75) is 19.8 Å². The van der Waals surface area contributed by atoms with E-state index in [2.05, 4.69) is 10.3 Å². The van der Waals surface area contributed by atoms with Gasteiger partial charge in [0, 0.05) is 45.7 Å². The number of amides is 1. The fourth-order valence-electron chi connectivity index (χ4n) is 2.54. The molecule has 1 aromatic rings. The van der Waals surface area contributed by atoms with Crippen LogP contribution >= 0.6 is 0 Å². The van der Waals surface area contributed by atoms with Crippen molar-refractivity contribution in [2.75, 3.05) is 39.2 Å². The standard InChI is InChI=1S/C15H23N3O2/c1-11-8-14(16-2)13(9-17-11)15(19)18(3)10-12-4-6-20-7-5-12/h8-9,12H,4-7,10H2,1-3H3,(H,16,17). The topological polar surface area (TPSA) is 54.5 Å². The number of anilines is 1. The van der Waals surface area contributed by atoms with Gasteiger partial charge in [-0.15, -0.1) is 0 Å². The Kier molecular flexibility index (Phi) is 4.95. The minimum absolute atomic E-state index is 0.0216. The molecule has 1 aromatic heterocycles. The molecule has 0 aromatic carbocycles. The van der Waals surface area contributed by atoms with Crippen LogP contribution < -0.4 is 5.32 Å². The van der Waals surface area contributed by atoms with E-state index in [1.807, 2.05) is 27.1 Å². The highest BCUT2D eigenvalue weighted by Crippen LogP contribution is 2.20. The van der Waals surface area contributed by atoms with E-state index >= 15 is 0 Å². The molecule has 1 aliphatic rings. The van der Waals surface area contributed by atoms with Gasteiger partial charge in [0.1, 0.15) is 0 Å². The van der Waals surface area contributed by atoms with Gasteiger partial charge in [-0.2, -0.15) is 0 Å². The van der Waals surface area contributed by atoms with Crippen LogP contribution in [0, 0.1) is 12.8 Å². The Morgan fingerprint density at radius 1 is 1.50 bits per heavy atom. The maximum absolute atomic E-state index is 12.5. The Bertz CT molecular complexity index is 470. The first-order valence-electron chi connectivity index (χ1n) is 7.09. The molecule has 20 heavy (non-hydrogen) atoms. The van der Waals surface area contributed by atoms with Crippen LogP contribution in [0.3, 0.4) is 0 Å². The molecule has 5 heteroatoms. The quantitative estimate of drug-likeness (QED) is 0.913. The molecule has 2 heterocycles. The number of ether oxygens (including phenoxy) is 1. The van der Waals surface area contributed by atoms with Crippen molar-refractivity contribution < 1.29 is 9.53 Å².